The lowest BCUT2D eigenvalue weighted by atomic mass is 9.94. The molecule has 3 rings (SSSR count). The smallest absolute Gasteiger partial charge is 0.126 e. The summed E-state index contributed by atoms with van der Waals surface area (Å²) < 4.78 is 38.0. The minimum atomic E-state index is -0.492. The number of piperazine rings is 1. The second-order valence-corrected chi connectivity index (χ2v) is 8.65. The van der Waals surface area contributed by atoms with Crippen molar-refractivity contribution < 1.29 is 13.2 Å². The summed E-state index contributed by atoms with van der Waals surface area (Å²) >= 11 is 0. The van der Waals surface area contributed by atoms with Crippen molar-refractivity contribution in [1.29, 1.82) is 0 Å². The van der Waals surface area contributed by atoms with Crippen LogP contribution in [0.25, 0.3) is 0 Å². The number of allylic oxidation sites excluding steroid dienone is 4. The Labute approximate surface area is 197 Å². The number of benzene rings is 1. The highest BCUT2D eigenvalue weighted by molar-refractivity contribution is 6.03. The summed E-state index contributed by atoms with van der Waals surface area (Å²) in [6.07, 6.45) is 7.97. The van der Waals surface area contributed by atoms with E-state index >= 15 is 0 Å². The van der Waals surface area contributed by atoms with Gasteiger partial charge in [0.15, 0.2) is 0 Å². The highest BCUT2D eigenvalue weighted by atomic mass is 19.1. The molecule has 2 aliphatic rings. The summed E-state index contributed by atoms with van der Waals surface area (Å²) in [5.74, 6) is -0.327. The molecule has 0 amide bonds. The molecule has 33 heavy (non-hydrogen) atoms. The van der Waals surface area contributed by atoms with Crippen LogP contribution in [0, 0.1) is 17.6 Å². The molecular weight excluding hydrogens is 423 g/mol. The van der Waals surface area contributed by atoms with Crippen molar-refractivity contribution in [2.75, 3.05) is 26.3 Å². The number of hydrogen-bond donors (Lipinski definition) is 1. The van der Waals surface area contributed by atoms with E-state index in [1.807, 2.05) is 13.8 Å². The molecule has 6 heteroatoms. The lowest BCUT2D eigenvalue weighted by Crippen LogP contribution is -2.51. The molecule has 1 aliphatic heterocycles. The SMILES string of the molecule is C=CN=C(C)C(/C(=C\C)C1CC1)=C(\C)N1CCNC(CF)C1.CCCc1cc(F)cc(F)c1. The first-order valence-electron chi connectivity index (χ1n) is 11.9. The maximum atomic E-state index is 13.0. The topological polar surface area (TPSA) is 27.6 Å². The van der Waals surface area contributed by atoms with Crippen molar-refractivity contribution in [1.82, 2.24) is 10.2 Å². The quantitative estimate of drug-likeness (QED) is 0.359. The first-order valence-corrected chi connectivity index (χ1v) is 11.9. The molecule has 1 aliphatic carbocycles. The van der Waals surface area contributed by atoms with Gasteiger partial charge in [-0.15, -0.1) is 0 Å². The maximum absolute atomic E-state index is 13.0. The van der Waals surface area contributed by atoms with Gasteiger partial charge in [0.05, 0.1) is 6.04 Å². The third kappa shape index (κ3) is 8.18. The van der Waals surface area contributed by atoms with Crippen molar-refractivity contribution in [2.24, 2.45) is 10.9 Å². The van der Waals surface area contributed by atoms with E-state index in [1.165, 1.54) is 41.8 Å². The number of halogens is 3. The molecule has 0 bridgehead atoms. The molecule has 1 heterocycles. The van der Waals surface area contributed by atoms with Crippen LogP contribution in [0.4, 0.5) is 13.2 Å². The van der Waals surface area contributed by atoms with E-state index in [-0.39, 0.29) is 12.7 Å². The lowest BCUT2D eigenvalue weighted by molar-refractivity contribution is 0.218. The minimum Gasteiger partial charge on any atom is -0.372 e. The molecule has 1 unspecified atom stereocenters. The average Bonchev–Trinajstić information content (AvgIpc) is 3.62. The van der Waals surface area contributed by atoms with E-state index in [9.17, 15) is 13.2 Å². The van der Waals surface area contributed by atoms with Gasteiger partial charge < -0.3 is 10.2 Å². The molecule has 0 aromatic heterocycles. The number of alkyl halides is 1. The van der Waals surface area contributed by atoms with Crippen LogP contribution >= 0.6 is 0 Å². The van der Waals surface area contributed by atoms with Crippen molar-refractivity contribution >= 4 is 5.71 Å². The molecular formula is C27H38F3N3. The van der Waals surface area contributed by atoms with Crippen LogP contribution in [0.3, 0.4) is 0 Å². The number of nitrogens with one attached hydrogen (secondary N) is 1. The van der Waals surface area contributed by atoms with Gasteiger partial charge in [-0.05, 0) is 69.2 Å². The Bertz CT molecular complexity index is 864. The van der Waals surface area contributed by atoms with E-state index in [0.717, 1.165) is 49.8 Å². The third-order valence-electron chi connectivity index (χ3n) is 6.00. The molecule has 3 nitrogen and oxygen atoms in total. The molecule has 2 fully saturated rings. The van der Waals surface area contributed by atoms with Crippen LogP contribution in [-0.4, -0.2) is 43.0 Å². The zero-order valence-electron chi connectivity index (χ0n) is 20.4. The summed E-state index contributed by atoms with van der Waals surface area (Å²) in [4.78, 5) is 6.72. The molecule has 0 spiro atoms. The first-order chi connectivity index (χ1) is 15.8. The fourth-order valence-corrected chi connectivity index (χ4v) is 4.30. The maximum Gasteiger partial charge on any atom is 0.126 e. The van der Waals surface area contributed by atoms with Gasteiger partial charge in [-0.3, -0.25) is 4.99 Å². The predicted octanol–water partition coefficient (Wildman–Crippen LogP) is 6.38. The average molecular weight is 462 g/mol. The molecule has 1 atom stereocenters. The second-order valence-electron chi connectivity index (χ2n) is 8.65. The van der Waals surface area contributed by atoms with Gasteiger partial charge in [0.2, 0.25) is 0 Å². The monoisotopic (exact) mass is 461 g/mol. The Morgan fingerprint density at radius 1 is 1.21 bits per heavy atom. The largest absolute Gasteiger partial charge is 0.372 e. The van der Waals surface area contributed by atoms with Gasteiger partial charge in [0.1, 0.15) is 18.3 Å². The summed E-state index contributed by atoms with van der Waals surface area (Å²) in [6, 6.07) is 3.55. The van der Waals surface area contributed by atoms with Crippen molar-refractivity contribution in [3.63, 3.8) is 0 Å². The van der Waals surface area contributed by atoms with Crippen LogP contribution in [0.5, 0.6) is 0 Å². The zero-order chi connectivity index (χ0) is 24.4. The number of aryl methyl sites for hydroxylation is 1. The fraction of sp³-hybridized carbons (Fsp3) is 0.519. The molecule has 1 aromatic rings. The van der Waals surface area contributed by atoms with Gasteiger partial charge in [-0.2, -0.15) is 0 Å². The molecule has 1 saturated carbocycles. The Morgan fingerprint density at radius 2 is 1.88 bits per heavy atom. The van der Waals surface area contributed by atoms with Crippen LogP contribution in [0.15, 0.2) is 58.9 Å². The highest BCUT2D eigenvalue weighted by Crippen LogP contribution is 2.41. The van der Waals surface area contributed by atoms with E-state index in [1.54, 1.807) is 6.20 Å². The molecule has 1 aromatic carbocycles. The third-order valence-corrected chi connectivity index (χ3v) is 6.00. The zero-order valence-corrected chi connectivity index (χ0v) is 20.4. The number of rotatable bonds is 8. The van der Waals surface area contributed by atoms with Gasteiger partial charge in [-0.1, -0.05) is 26.0 Å². The molecule has 0 radical (unpaired) electrons. The minimum absolute atomic E-state index is 0.0726. The standard InChI is InChI=1S/C18H28FN3.C9H10F2/c1-5-17(15-7-8-15)18(13(3)20-6-2)14(4)22-10-9-21-16(11-19)12-22;1-2-3-7-4-8(10)6-9(11)5-7/h5-6,15-16,21H,2,7-12H2,1,3-4H3;4-6H,2-3H2,1H3/b17-5-,18-14-,20-13?;. The lowest BCUT2D eigenvalue weighted by Gasteiger charge is -2.36. The Morgan fingerprint density at radius 3 is 2.39 bits per heavy atom. The van der Waals surface area contributed by atoms with Crippen LogP contribution in [-0.2, 0) is 6.42 Å². The van der Waals surface area contributed by atoms with E-state index in [0.29, 0.717) is 5.92 Å². The number of aliphatic imine (C=N–C) groups is 1. The molecule has 1 N–H and O–H groups in total. The van der Waals surface area contributed by atoms with Gasteiger partial charge >= 0.3 is 0 Å². The van der Waals surface area contributed by atoms with Gasteiger partial charge in [0.25, 0.3) is 0 Å². The first kappa shape index (κ1) is 26.9. The van der Waals surface area contributed by atoms with Crippen molar-refractivity contribution in [3.05, 3.63) is 71.1 Å². The van der Waals surface area contributed by atoms with Crippen LogP contribution in [0.2, 0.25) is 0 Å². The summed E-state index contributed by atoms with van der Waals surface area (Å²) in [5.41, 5.74) is 5.55. The molecule has 1 saturated heterocycles. The fourth-order valence-electron chi connectivity index (χ4n) is 4.30. The number of nitrogens with zero attached hydrogens (tertiary/aromatic N) is 2. The predicted molar refractivity (Wildman–Crippen MR) is 132 cm³/mol. The van der Waals surface area contributed by atoms with E-state index in [2.05, 4.69) is 41.7 Å². The van der Waals surface area contributed by atoms with Gasteiger partial charge in [0, 0.05) is 48.9 Å². The summed E-state index contributed by atoms with van der Waals surface area (Å²) in [7, 11) is 0. The van der Waals surface area contributed by atoms with Gasteiger partial charge in [-0.25, -0.2) is 13.2 Å². The van der Waals surface area contributed by atoms with Crippen LogP contribution < -0.4 is 5.32 Å². The highest BCUT2D eigenvalue weighted by Gasteiger charge is 2.31. The van der Waals surface area contributed by atoms with E-state index in [4.69, 9.17) is 0 Å². The van der Waals surface area contributed by atoms with Crippen LogP contribution in [0.1, 0.15) is 52.5 Å². The van der Waals surface area contributed by atoms with Crippen molar-refractivity contribution in [2.45, 2.75) is 59.4 Å². The normalized spacial score (nSPS) is 20.1. The second kappa shape index (κ2) is 13.4. The molecule has 182 valence electrons. The number of hydrogen-bond acceptors (Lipinski definition) is 3. The van der Waals surface area contributed by atoms with E-state index < -0.39 is 11.6 Å². The summed E-state index contributed by atoms with van der Waals surface area (Å²) in [6.45, 7) is 14.1. The Hall–Kier alpha value is -2.34. The summed E-state index contributed by atoms with van der Waals surface area (Å²) in [5, 5.41) is 3.22. The Balaban J connectivity index is 0.000000294. The Kier molecular flexibility index (Phi) is 10.9. The van der Waals surface area contributed by atoms with Crippen molar-refractivity contribution in [3.8, 4) is 0 Å².